The highest BCUT2D eigenvalue weighted by atomic mass is 32.1. The highest BCUT2D eigenvalue weighted by molar-refractivity contribution is 7.00. The van der Waals surface area contributed by atoms with Gasteiger partial charge in [-0.15, -0.1) is 0 Å². The summed E-state index contributed by atoms with van der Waals surface area (Å²) in [7, 11) is 0. The van der Waals surface area contributed by atoms with Crippen molar-refractivity contribution in [2.75, 3.05) is 0 Å². The second-order valence-corrected chi connectivity index (χ2v) is 5.18. The molecular formula is C13H9F3N4S. The minimum atomic E-state index is -4.40. The van der Waals surface area contributed by atoms with Crippen molar-refractivity contribution in [1.82, 2.24) is 8.75 Å². The Hall–Kier alpha value is -2.19. The lowest BCUT2D eigenvalue weighted by Crippen LogP contribution is -2.23. The second kappa shape index (κ2) is 5.66. The Kier molecular flexibility index (Phi) is 4.10. The Bertz CT molecular complexity index is 709. The van der Waals surface area contributed by atoms with Crippen LogP contribution in [-0.2, 0) is 6.42 Å². The minimum Gasteiger partial charge on any atom is -0.197 e. The summed E-state index contributed by atoms with van der Waals surface area (Å²) in [5.74, 6) is 0. The van der Waals surface area contributed by atoms with E-state index in [0.717, 1.165) is 11.7 Å². The summed E-state index contributed by atoms with van der Waals surface area (Å²) >= 11 is 0.980. The highest BCUT2D eigenvalue weighted by Gasteiger charge is 2.37. The smallest absolute Gasteiger partial charge is 0.197 e. The van der Waals surface area contributed by atoms with Gasteiger partial charge >= 0.3 is 6.18 Å². The van der Waals surface area contributed by atoms with Crippen molar-refractivity contribution >= 4 is 22.8 Å². The van der Waals surface area contributed by atoms with Crippen LogP contribution in [0, 0.1) is 28.1 Å². The third kappa shape index (κ3) is 3.47. The van der Waals surface area contributed by atoms with E-state index in [4.69, 9.17) is 0 Å². The van der Waals surface area contributed by atoms with Gasteiger partial charge in [-0.3, -0.25) is 0 Å². The Balaban J connectivity index is 2.30. The topological polar surface area (TPSA) is 73.4 Å². The summed E-state index contributed by atoms with van der Waals surface area (Å²) in [4.78, 5) is 0. The van der Waals surface area contributed by atoms with Gasteiger partial charge in [-0.25, -0.2) is 0 Å². The first-order chi connectivity index (χ1) is 9.89. The van der Waals surface area contributed by atoms with Crippen LogP contribution in [0.25, 0.3) is 11.0 Å². The molecule has 1 aromatic heterocycles. The maximum Gasteiger partial charge on any atom is 0.389 e. The van der Waals surface area contributed by atoms with Crippen LogP contribution in [-0.4, -0.2) is 14.9 Å². The maximum atomic E-state index is 12.4. The quantitative estimate of drug-likeness (QED) is 0.864. The average molecular weight is 310 g/mol. The molecule has 1 aromatic carbocycles. The van der Waals surface area contributed by atoms with Gasteiger partial charge in [0, 0.05) is 12.8 Å². The number of halogens is 3. The molecule has 21 heavy (non-hydrogen) atoms. The monoisotopic (exact) mass is 310 g/mol. The number of hydrogen-bond donors (Lipinski definition) is 0. The SMILES string of the molecule is N#CC(C#N)(CCC(F)(F)F)Cc1cccc2nsnc12. The molecule has 0 saturated carbocycles. The molecule has 0 aliphatic heterocycles. The number of benzene rings is 1. The fraction of sp³-hybridized carbons (Fsp3) is 0.385. The van der Waals surface area contributed by atoms with E-state index >= 15 is 0 Å². The van der Waals surface area contributed by atoms with Gasteiger partial charge in [-0.2, -0.15) is 32.4 Å². The lowest BCUT2D eigenvalue weighted by Gasteiger charge is -2.19. The number of hydrogen-bond acceptors (Lipinski definition) is 5. The van der Waals surface area contributed by atoms with Crippen molar-refractivity contribution in [1.29, 1.82) is 10.5 Å². The summed E-state index contributed by atoms with van der Waals surface area (Å²) in [6.45, 7) is 0. The molecule has 0 amide bonds. The molecule has 0 aliphatic carbocycles. The molecule has 0 atom stereocenters. The number of fused-ring (bicyclic) bond motifs is 1. The number of nitriles is 2. The van der Waals surface area contributed by atoms with Crippen molar-refractivity contribution in [3.05, 3.63) is 23.8 Å². The van der Waals surface area contributed by atoms with E-state index < -0.39 is 24.4 Å². The zero-order valence-electron chi connectivity index (χ0n) is 10.7. The van der Waals surface area contributed by atoms with Crippen LogP contribution >= 0.6 is 11.7 Å². The van der Waals surface area contributed by atoms with Crippen LogP contribution in [0.5, 0.6) is 0 Å². The summed E-state index contributed by atoms with van der Waals surface area (Å²) in [6.07, 6.45) is -6.22. The molecule has 2 aromatic rings. The van der Waals surface area contributed by atoms with E-state index in [1.54, 1.807) is 30.3 Å². The lowest BCUT2D eigenvalue weighted by molar-refractivity contribution is -0.138. The van der Waals surface area contributed by atoms with Crippen molar-refractivity contribution in [2.45, 2.75) is 25.4 Å². The highest BCUT2D eigenvalue weighted by Crippen LogP contribution is 2.34. The molecule has 0 fully saturated rings. The Morgan fingerprint density at radius 3 is 2.43 bits per heavy atom. The zero-order chi connectivity index (χ0) is 15.5. The Morgan fingerprint density at radius 1 is 1.10 bits per heavy atom. The fourth-order valence-corrected chi connectivity index (χ4v) is 2.56. The Labute approximate surface area is 122 Å². The van der Waals surface area contributed by atoms with E-state index in [9.17, 15) is 23.7 Å². The van der Waals surface area contributed by atoms with Crippen molar-refractivity contribution in [2.24, 2.45) is 5.41 Å². The van der Waals surface area contributed by atoms with Crippen LogP contribution in [0.4, 0.5) is 13.2 Å². The van der Waals surface area contributed by atoms with Gasteiger partial charge < -0.3 is 0 Å². The number of nitrogens with zero attached hydrogens (tertiary/aromatic N) is 4. The van der Waals surface area contributed by atoms with Crippen molar-refractivity contribution < 1.29 is 13.2 Å². The molecule has 0 radical (unpaired) electrons. The Morgan fingerprint density at radius 2 is 1.81 bits per heavy atom. The van der Waals surface area contributed by atoms with Gasteiger partial charge in [0.1, 0.15) is 16.4 Å². The molecule has 1 heterocycles. The van der Waals surface area contributed by atoms with Crippen LogP contribution < -0.4 is 0 Å². The largest absolute Gasteiger partial charge is 0.389 e. The van der Waals surface area contributed by atoms with Gasteiger partial charge in [-0.05, 0) is 18.1 Å². The predicted molar refractivity (Wildman–Crippen MR) is 70.1 cm³/mol. The molecule has 0 spiro atoms. The van der Waals surface area contributed by atoms with Crippen LogP contribution in [0.2, 0.25) is 0 Å². The van der Waals surface area contributed by atoms with Gasteiger partial charge in [0.2, 0.25) is 0 Å². The van der Waals surface area contributed by atoms with Gasteiger partial charge in [0.15, 0.2) is 0 Å². The van der Waals surface area contributed by atoms with E-state index in [-0.39, 0.29) is 6.42 Å². The first-order valence-electron chi connectivity index (χ1n) is 5.98. The first-order valence-corrected chi connectivity index (χ1v) is 6.72. The lowest BCUT2D eigenvalue weighted by atomic mass is 9.80. The minimum absolute atomic E-state index is 0.0984. The van der Waals surface area contributed by atoms with E-state index in [2.05, 4.69) is 8.75 Å². The summed E-state index contributed by atoms with van der Waals surface area (Å²) in [5, 5.41) is 18.4. The standard InChI is InChI=1S/C13H9F3N4S/c14-13(15,16)5-4-12(7-17,8-18)6-9-2-1-3-10-11(9)20-21-19-10/h1-3H,4-6H2. The molecule has 0 bridgehead atoms. The van der Waals surface area contributed by atoms with Crippen LogP contribution in [0.3, 0.4) is 0 Å². The third-order valence-electron chi connectivity index (χ3n) is 3.13. The van der Waals surface area contributed by atoms with Crippen molar-refractivity contribution in [3.8, 4) is 12.1 Å². The van der Waals surface area contributed by atoms with E-state index in [1.807, 2.05) is 0 Å². The molecule has 8 heteroatoms. The molecule has 0 saturated heterocycles. The molecule has 108 valence electrons. The number of alkyl halides is 3. The summed E-state index contributed by atoms with van der Waals surface area (Å²) < 4.78 is 45.2. The number of rotatable bonds is 4. The van der Waals surface area contributed by atoms with Gasteiger partial charge in [-0.1, -0.05) is 12.1 Å². The predicted octanol–water partition coefficient (Wildman–Crippen LogP) is 3.61. The number of aromatic nitrogens is 2. The second-order valence-electron chi connectivity index (χ2n) is 4.65. The molecule has 4 nitrogen and oxygen atoms in total. The first kappa shape index (κ1) is 15.2. The van der Waals surface area contributed by atoms with Crippen LogP contribution in [0.15, 0.2) is 18.2 Å². The average Bonchev–Trinajstić information content (AvgIpc) is 2.92. The molecule has 0 N–H and O–H groups in total. The van der Waals surface area contributed by atoms with E-state index in [0.29, 0.717) is 16.6 Å². The molecule has 0 unspecified atom stereocenters. The summed E-state index contributed by atoms with van der Waals surface area (Å²) in [5.41, 5.74) is -0.0121. The normalized spacial score (nSPS) is 12.0. The molecule has 0 aliphatic rings. The van der Waals surface area contributed by atoms with Crippen LogP contribution in [0.1, 0.15) is 18.4 Å². The maximum absolute atomic E-state index is 12.4. The molecule has 2 rings (SSSR count). The van der Waals surface area contributed by atoms with Crippen molar-refractivity contribution in [3.63, 3.8) is 0 Å². The van der Waals surface area contributed by atoms with Gasteiger partial charge in [0.05, 0.1) is 23.9 Å². The third-order valence-corrected chi connectivity index (χ3v) is 3.67. The zero-order valence-corrected chi connectivity index (χ0v) is 11.5. The van der Waals surface area contributed by atoms with E-state index in [1.165, 1.54) is 0 Å². The summed E-state index contributed by atoms with van der Waals surface area (Å²) in [6, 6.07) is 8.53. The fourth-order valence-electron chi connectivity index (χ4n) is 1.99. The van der Waals surface area contributed by atoms with Gasteiger partial charge in [0.25, 0.3) is 0 Å². The molecular weight excluding hydrogens is 301 g/mol.